The second kappa shape index (κ2) is 3.59. The van der Waals surface area contributed by atoms with Gasteiger partial charge in [0, 0.05) is 6.42 Å². The molecule has 1 aliphatic rings. The van der Waals surface area contributed by atoms with E-state index in [1.165, 1.54) is 4.90 Å². The third-order valence-corrected chi connectivity index (χ3v) is 2.98. The predicted molar refractivity (Wildman–Crippen MR) is 56.0 cm³/mol. The molecule has 1 N–H and O–H groups in total. The van der Waals surface area contributed by atoms with Gasteiger partial charge in [-0.1, -0.05) is 20.8 Å². The minimum absolute atomic E-state index is 0.102. The van der Waals surface area contributed by atoms with Gasteiger partial charge in [0.25, 0.3) is 0 Å². The summed E-state index contributed by atoms with van der Waals surface area (Å²) in [6.07, 6.45) is 0.760. The molecule has 0 spiro atoms. The van der Waals surface area contributed by atoms with Crippen molar-refractivity contribution in [1.82, 2.24) is 4.90 Å². The summed E-state index contributed by atoms with van der Waals surface area (Å²) in [4.78, 5) is 24.6. The molecule has 0 bridgehead atoms. The summed E-state index contributed by atoms with van der Waals surface area (Å²) in [7, 11) is 0. The second-order valence-corrected chi connectivity index (χ2v) is 5.20. The topological polar surface area (TPSA) is 57.6 Å². The van der Waals surface area contributed by atoms with Crippen LogP contribution in [-0.4, -0.2) is 34.0 Å². The first kappa shape index (κ1) is 12.2. The number of carbonyl (C=O) groups is 2. The molecule has 1 unspecified atom stereocenters. The van der Waals surface area contributed by atoms with E-state index in [1.807, 2.05) is 6.92 Å². The zero-order valence-electron chi connectivity index (χ0n) is 9.83. The molecule has 0 radical (unpaired) electrons. The maximum Gasteiger partial charge on any atom is 0.235 e. The van der Waals surface area contributed by atoms with Crippen LogP contribution in [0.4, 0.5) is 0 Å². The molecule has 0 aromatic heterocycles. The fourth-order valence-corrected chi connectivity index (χ4v) is 1.64. The van der Waals surface area contributed by atoms with Gasteiger partial charge in [-0.3, -0.25) is 14.5 Å². The summed E-state index contributed by atoms with van der Waals surface area (Å²) >= 11 is 0. The van der Waals surface area contributed by atoms with Crippen molar-refractivity contribution in [2.24, 2.45) is 5.41 Å². The van der Waals surface area contributed by atoms with Gasteiger partial charge in [-0.15, -0.1) is 0 Å². The van der Waals surface area contributed by atoms with E-state index in [2.05, 4.69) is 0 Å². The molecule has 15 heavy (non-hydrogen) atoms. The smallest absolute Gasteiger partial charge is 0.235 e. The summed E-state index contributed by atoms with van der Waals surface area (Å²) in [5.41, 5.74) is -1.59. The van der Waals surface area contributed by atoms with Crippen LogP contribution in [0.3, 0.4) is 0 Å². The van der Waals surface area contributed by atoms with Crippen molar-refractivity contribution in [1.29, 1.82) is 0 Å². The van der Waals surface area contributed by atoms with Crippen molar-refractivity contribution < 1.29 is 14.7 Å². The minimum Gasteiger partial charge on any atom is -0.388 e. The van der Waals surface area contributed by atoms with Gasteiger partial charge in [-0.05, 0) is 13.3 Å². The molecular weight excluding hydrogens is 194 g/mol. The fraction of sp³-hybridized carbons (Fsp3) is 0.818. The van der Waals surface area contributed by atoms with Crippen molar-refractivity contribution in [3.8, 4) is 0 Å². The highest BCUT2D eigenvalue weighted by atomic mass is 16.3. The summed E-state index contributed by atoms with van der Waals surface area (Å²) in [6.45, 7) is 7.08. The molecule has 1 heterocycles. The molecule has 1 aliphatic heterocycles. The van der Waals surface area contributed by atoms with E-state index in [0.717, 1.165) is 0 Å². The molecule has 1 atom stereocenters. The number of aliphatic hydroxyl groups is 1. The molecule has 4 heteroatoms. The summed E-state index contributed by atoms with van der Waals surface area (Å²) < 4.78 is 0. The van der Waals surface area contributed by atoms with Gasteiger partial charge in [-0.25, -0.2) is 0 Å². The van der Waals surface area contributed by atoms with Gasteiger partial charge in [0.1, 0.15) is 0 Å². The van der Waals surface area contributed by atoms with Crippen molar-refractivity contribution in [3.05, 3.63) is 0 Å². The van der Waals surface area contributed by atoms with Gasteiger partial charge in [0.15, 0.2) is 0 Å². The lowest BCUT2D eigenvalue weighted by Gasteiger charge is -2.27. The third kappa shape index (κ3) is 2.37. The van der Waals surface area contributed by atoms with Crippen LogP contribution in [0.25, 0.3) is 0 Å². The van der Waals surface area contributed by atoms with Crippen molar-refractivity contribution in [3.63, 3.8) is 0 Å². The van der Waals surface area contributed by atoms with Gasteiger partial charge in [0.2, 0.25) is 11.8 Å². The summed E-state index contributed by atoms with van der Waals surface area (Å²) in [5.74, 6) is -0.361. The molecule has 1 rings (SSSR count). The van der Waals surface area contributed by atoms with Crippen LogP contribution in [0.5, 0.6) is 0 Å². The van der Waals surface area contributed by atoms with Crippen LogP contribution >= 0.6 is 0 Å². The number of carbonyl (C=O) groups excluding carboxylic acids is 2. The predicted octanol–water partition coefficient (Wildman–Crippen LogP) is 0.933. The van der Waals surface area contributed by atoms with Gasteiger partial charge >= 0.3 is 0 Å². The van der Waals surface area contributed by atoms with E-state index >= 15 is 0 Å². The Bertz CT molecular complexity index is 294. The Morgan fingerprint density at radius 1 is 1.47 bits per heavy atom. The lowest BCUT2D eigenvalue weighted by molar-refractivity contribution is -0.144. The minimum atomic E-state index is -0.980. The quantitative estimate of drug-likeness (QED) is 0.710. The maximum absolute atomic E-state index is 11.8. The van der Waals surface area contributed by atoms with Gasteiger partial charge in [0.05, 0.1) is 17.6 Å². The number of imide groups is 1. The van der Waals surface area contributed by atoms with E-state index in [0.29, 0.717) is 6.42 Å². The Labute approximate surface area is 90.3 Å². The first-order chi connectivity index (χ1) is 6.69. The van der Waals surface area contributed by atoms with Crippen molar-refractivity contribution >= 4 is 11.8 Å². The second-order valence-electron chi connectivity index (χ2n) is 5.20. The first-order valence-electron chi connectivity index (χ1n) is 5.27. The van der Waals surface area contributed by atoms with Gasteiger partial charge in [-0.2, -0.15) is 0 Å². The Kier molecular flexibility index (Phi) is 2.92. The van der Waals surface area contributed by atoms with Crippen LogP contribution in [0.15, 0.2) is 0 Å². The number of nitrogens with zero attached hydrogens (tertiary/aromatic N) is 1. The lowest BCUT2D eigenvalue weighted by atomic mass is 9.92. The Morgan fingerprint density at radius 2 is 2.00 bits per heavy atom. The zero-order valence-corrected chi connectivity index (χ0v) is 9.83. The SMILES string of the molecule is CCC(C)(O)CN1C(=O)CC(C)(C)C1=O. The molecule has 1 fully saturated rings. The maximum atomic E-state index is 11.8. The van der Waals surface area contributed by atoms with Crippen LogP contribution in [0, 0.1) is 5.41 Å². The molecule has 0 aliphatic carbocycles. The monoisotopic (exact) mass is 213 g/mol. The van der Waals surface area contributed by atoms with E-state index in [1.54, 1.807) is 20.8 Å². The average molecular weight is 213 g/mol. The highest BCUT2D eigenvalue weighted by Gasteiger charge is 2.46. The molecule has 0 aromatic carbocycles. The Hall–Kier alpha value is -0.900. The molecule has 0 aromatic rings. The number of β-amino-alcohol motifs (C(OH)–C–C–N with tert-alkyl or cyclic N) is 1. The van der Waals surface area contributed by atoms with Crippen LogP contribution in [0.1, 0.15) is 40.5 Å². The lowest BCUT2D eigenvalue weighted by Crippen LogP contribution is -2.44. The molecule has 0 saturated carbocycles. The number of hydrogen-bond donors (Lipinski definition) is 1. The van der Waals surface area contributed by atoms with E-state index in [4.69, 9.17) is 0 Å². The third-order valence-electron chi connectivity index (χ3n) is 2.98. The normalized spacial score (nSPS) is 24.5. The number of hydrogen-bond acceptors (Lipinski definition) is 3. The fourth-order valence-electron chi connectivity index (χ4n) is 1.64. The van der Waals surface area contributed by atoms with Crippen LogP contribution in [-0.2, 0) is 9.59 Å². The highest BCUT2D eigenvalue weighted by Crippen LogP contribution is 2.32. The average Bonchev–Trinajstić information content (AvgIpc) is 2.28. The summed E-state index contributed by atoms with van der Waals surface area (Å²) in [6, 6.07) is 0. The van der Waals surface area contributed by atoms with Gasteiger partial charge < -0.3 is 5.11 Å². The van der Waals surface area contributed by atoms with Crippen LogP contribution < -0.4 is 0 Å². The van der Waals surface area contributed by atoms with E-state index in [9.17, 15) is 14.7 Å². The van der Waals surface area contributed by atoms with E-state index in [-0.39, 0.29) is 24.8 Å². The van der Waals surface area contributed by atoms with Crippen molar-refractivity contribution in [2.75, 3.05) is 6.54 Å². The molecule has 2 amide bonds. The van der Waals surface area contributed by atoms with E-state index < -0.39 is 11.0 Å². The standard InChI is InChI=1S/C11H19NO3/c1-5-11(4,15)7-12-8(13)6-10(2,3)9(12)14/h15H,5-7H2,1-4H3. The molecule has 4 nitrogen and oxygen atoms in total. The largest absolute Gasteiger partial charge is 0.388 e. The van der Waals surface area contributed by atoms with Crippen LogP contribution in [0.2, 0.25) is 0 Å². The Balaban J connectivity index is 2.81. The highest BCUT2D eigenvalue weighted by molar-refractivity contribution is 6.05. The van der Waals surface area contributed by atoms with Crippen molar-refractivity contribution in [2.45, 2.75) is 46.1 Å². The summed E-state index contributed by atoms with van der Waals surface area (Å²) in [5, 5.41) is 9.84. The Morgan fingerprint density at radius 3 is 2.33 bits per heavy atom. The molecule has 1 saturated heterocycles. The first-order valence-corrected chi connectivity index (χ1v) is 5.27. The number of rotatable bonds is 3. The number of amides is 2. The zero-order chi connectivity index (χ0) is 11.9. The number of likely N-dealkylation sites (tertiary alicyclic amines) is 1. The molecule has 86 valence electrons. The molecular formula is C11H19NO3.